The zero-order chi connectivity index (χ0) is 15.3. The highest BCUT2D eigenvalue weighted by Gasteiger charge is 2.30. The van der Waals surface area contributed by atoms with Crippen molar-refractivity contribution < 1.29 is 13.2 Å². The Morgan fingerprint density at radius 3 is 2.43 bits per heavy atom. The highest BCUT2D eigenvalue weighted by atomic mass is 32.2. The van der Waals surface area contributed by atoms with Crippen LogP contribution in [0, 0.1) is 11.8 Å². The van der Waals surface area contributed by atoms with Crippen molar-refractivity contribution in [2.24, 2.45) is 11.8 Å². The van der Waals surface area contributed by atoms with E-state index in [1.165, 1.54) is 17.1 Å². The number of nitrogens with one attached hydrogen (secondary N) is 1. The Kier molecular flexibility index (Phi) is 6.43. The van der Waals surface area contributed by atoms with E-state index in [1.54, 1.807) is 11.4 Å². The van der Waals surface area contributed by atoms with Crippen molar-refractivity contribution in [2.45, 2.75) is 25.7 Å². The molecule has 124 valence electrons. The lowest BCUT2D eigenvalue weighted by Gasteiger charge is -2.33. The Hall–Kier alpha value is -0.210. The molecule has 7 heteroatoms. The normalized spacial score (nSPS) is 22.0. The second-order valence-corrected chi connectivity index (χ2v) is 8.28. The molecule has 1 saturated carbocycles. The van der Waals surface area contributed by atoms with E-state index in [9.17, 15) is 8.42 Å². The number of ether oxygens (including phenoxy) is 1. The molecule has 1 saturated heterocycles. The number of nitrogens with zero attached hydrogens (tertiary/aromatic N) is 2. The average Bonchev–Trinajstić information content (AvgIpc) is 3.28. The first-order chi connectivity index (χ1) is 10.0. The van der Waals surface area contributed by atoms with Gasteiger partial charge in [0.05, 0.1) is 6.61 Å². The molecule has 6 nitrogen and oxygen atoms in total. The number of piperidine rings is 1. The fraction of sp³-hybridized carbons (Fsp3) is 1.00. The highest BCUT2D eigenvalue weighted by molar-refractivity contribution is 7.86. The summed E-state index contributed by atoms with van der Waals surface area (Å²) in [6.45, 7) is 3.93. The van der Waals surface area contributed by atoms with Gasteiger partial charge in [0.25, 0.3) is 10.2 Å². The van der Waals surface area contributed by atoms with Gasteiger partial charge in [0.2, 0.25) is 0 Å². The van der Waals surface area contributed by atoms with E-state index in [0.717, 1.165) is 31.9 Å². The summed E-state index contributed by atoms with van der Waals surface area (Å²) in [4.78, 5) is 0. The van der Waals surface area contributed by atoms with Crippen molar-refractivity contribution in [3.63, 3.8) is 0 Å². The second kappa shape index (κ2) is 7.87. The van der Waals surface area contributed by atoms with Crippen molar-refractivity contribution in [3.8, 4) is 0 Å². The zero-order valence-corrected chi connectivity index (χ0v) is 14.1. The molecule has 0 aromatic carbocycles. The monoisotopic (exact) mass is 319 g/mol. The van der Waals surface area contributed by atoms with Crippen molar-refractivity contribution in [3.05, 3.63) is 0 Å². The third-order valence-corrected chi connectivity index (χ3v) is 6.38. The molecular formula is C14H29N3O3S. The summed E-state index contributed by atoms with van der Waals surface area (Å²) in [5, 5.41) is 3.17. The van der Waals surface area contributed by atoms with E-state index in [1.807, 2.05) is 7.05 Å². The van der Waals surface area contributed by atoms with Gasteiger partial charge in [0.15, 0.2) is 0 Å². The summed E-state index contributed by atoms with van der Waals surface area (Å²) in [5.74, 6) is 1.31. The fourth-order valence-electron chi connectivity index (χ4n) is 2.67. The van der Waals surface area contributed by atoms with E-state index < -0.39 is 10.2 Å². The van der Waals surface area contributed by atoms with Gasteiger partial charge in [0, 0.05) is 33.3 Å². The SMILES string of the molecule is CNCC1CCN(S(=O)(=O)N(C)CCOCC2CC2)CC1. The molecule has 0 aromatic heterocycles. The number of hydrogen-bond acceptors (Lipinski definition) is 4. The van der Waals surface area contributed by atoms with Crippen LogP contribution in [0.1, 0.15) is 25.7 Å². The van der Waals surface area contributed by atoms with Gasteiger partial charge in [-0.2, -0.15) is 17.0 Å². The molecule has 2 rings (SSSR count). The first-order valence-corrected chi connectivity index (χ1v) is 9.37. The summed E-state index contributed by atoms with van der Waals surface area (Å²) in [5.41, 5.74) is 0. The lowest BCUT2D eigenvalue weighted by atomic mass is 9.98. The van der Waals surface area contributed by atoms with Gasteiger partial charge in [-0.3, -0.25) is 0 Å². The Bertz CT molecular complexity index is 404. The summed E-state index contributed by atoms with van der Waals surface area (Å²) < 4.78 is 33.5. The van der Waals surface area contributed by atoms with Gasteiger partial charge in [-0.1, -0.05) is 0 Å². The van der Waals surface area contributed by atoms with Crippen LogP contribution in [0.15, 0.2) is 0 Å². The first-order valence-electron chi connectivity index (χ1n) is 7.97. The van der Waals surface area contributed by atoms with E-state index in [-0.39, 0.29) is 0 Å². The summed E-state index contributed by atoms with van der Waals surface area (Å²) in [6, 6.07) is 0. The van der Waals surface area contributed by atoms with Crippen LogP contribution in [-0.2, 0) is 14.9 Å². The Morgan fingerprint density at radius 2 is 1.86 bits per heavy atom. The molecule has 0 radical (unpaired) electrons. The largest absolute Gasteiger partial charge is 0.380 e. The van der Waals surface area contributed by atoms with Crippen LogP contribution in [0.5, 0.6) is 0 Å². The van der Waals surface area contributed by atoms with E-state index in [2.05, 4.69) is 5.32 Å². The first kappa shape index (κ1) is 17.1. The third kappa shape index (κ3) is 5.17. The van der Waals surface area contributed by atoms with Crippen molar-refractivity contribution in [2.75, 3.05) is 53.5 Å². The Labute approximate surface area is 129 Å². The standard InChI is InChI=1S/C14H29N3O3S/c1-15-11-13-5-7-17(8-6-13)21(18,19)16(2)9-10-20-12-14-3-4-14/h13-15H,3-12H2,1-2H3. The maximum absolute atomic E-state index is 12.5. The maximum atomic E-state index is 12.5. The second-order valence-electron chi connectivity index (χ2n) is 6.25. The van der Waals surface area contributed by atoms with Crippen molar-refractivity contribution >= 4 is 10.2 Å². The van der Waals surface area contributed by atoms with Gasteiger partial charge >= 0.3 is 0 Å². The van der Waals surface area contributed by atoms with Crippen LogP contribution in [0.3, 0.4) is 0 Å². The molecule has 1 heterocycles. The number of hydrogen-bond donors (Lipinski definition) is 1. The summed E-state index contributed by atoms with van der Waals surface area (Å²) >= 11 is 0. The van der Waals surface area contributed by atoms with Crippen LogP contribution in [0.4, 0.5) is 0 Å². The molecule has 0 unspecified atom stereocenters. The van der Waals surface area contributed by atoms with Gasteiger partial charge < -0.3 is 10.1 Å². The predicted molar refractivity (Wildman–Crippen MR) is 83.3 cm³/mol. The predicted octanol–water partition coefficient (Wildman–Crippen LogP) is 0.521. The van der Waals surface area contributed by atoms with Crippen molar-refractivity contribution in [1.29, 1.82) is 0 Å². The highest BCUT2D eigenvalue weighted by Crippen LogP contribution is 2.28. The third-order valence-electron chi connectivity index (χ3n) is 4.39. The smallest absolute Gasteiger partial charge is 0.281 e. The van der Waals surface area contributed by atoms with Crippen LogP contribution < -0.4 is 5.32 Å². The van der Waals surface area contributed by atoms with E-state index in [0.29, 0.717) is 32.2 Å². The molecule has 1 N–H and O–H groups in total. The van der Waals surface area contributed by atoms with E-state index in [4.69, 9.17) is 4.74 Å². The molecule has 2 fully saturated rings. The topological polar surface area (TPSA) is 61.9 Å². The lowest BCUT2D eigenvalue weighted by Crippen LogP contribution is -2.47. The van der Waals surface area contributed by atoms with Gasteiger partial charge in [-0.25, -0.2) is 0 Å². The zero-order valence-electron chi connectivity index (χ0n) is 13.3. The molecule has 0 aromatic rings. The minimum atomic E-state index is -3.32. The minimum Gasteiger partial charge on any atom is -0.380 e. The summed E-state index contributed by atoms with van der Waals surface area (Å²) in [7, 11) is 0.272. The molecule has 0 bridgehead atoms. The Balaban J connectivity index is 1.71. The molecule has 0 spiro atoms. The molecule has 2 aliphatic rings. The molecule has 1 aliphatic heterocycles. The van der Waals surface area contributed by atoms with Crippen molar-refractivity contribution in [1.82, 2.24) is 13.9 Å². The van der Waals surface area contributed by atoms with Crippen LogP contribution in [0.2, 0.25) is 0 Å². The molecule has 0 amide bonds. The lowest BCUT2D eigenvalue weighted by molar-refractivity contribution is 0.115. The van der Waals surface area contributed by atoms with Gasteiger partial charge in [-0.15, -0.1) is 0 Å². The molecule has 1 aliphatic carbocycles. The maximum Gasteiger partial charge on any atom is 0.281 e. The average molecular weight is 319 g/mol. The fourth-order valence-corrected chi connectivity index (χ4v) is 4.04. The number of rotatable bonds is 9. The van der Waals surface area contributed by atoms with Crippen LogP contribution >= 0.6 is 0 Å². The summed E-state index contributed by atoms with van der Waals surface area (Å²) in [6.07, 6.45) is 4.39. The Morgan fingerprint density at radius 1 is 1.19 bits per heavy atom. The van der Waals surface area contributed by atoms with E-state index >= 15 is 0 Å². The molecule has 0 atom stereocenters. The minimum absolute atomic E-state index is 0.436. The molecule has 21 heavy (non-hydrogen) atoms. The van der Waals surface area contributed by atoms with Gasteiger partial charge in [-0.05, 0) is 51.1 Å². The quantitative estimate of drug-likeness (QED) is 0.630. The number of likely N-dealkylation sites (N-methyl/N-ethyl adjacent to an activating group) is 1. The van der Waals surface area contributed by atoms with Gasteiger partial charge in [0.1, 0.15) is 0 Å². The molecular weight excluding hydrogens is 290 g/mol. The van der Waals surface area contributed by atoms with Crippen LogP contribution in [-0.4, -0.2) is 70.5 Å². The van der Waals surface area contributed by atoms with Crippen LogP contribution in [0.25, 0.3) is 0 Å².